The summed E-state index contributed by atoms with van der Waals surface area (Å²) in [5.41, 5.74) is 0. The monoisotopic (exact) mass is 336 g/mol. The molecule has 0 unspecified atom stereocenters. The number of alkyl halides is 3. The van der Waals surface area contributed by atoms with Crippen molar-refractivity contribution in [2.24, 2.45) is 10.9 Å². The van der Waals surface area contributed by atoms with Crippen LogP contribution in [0.25, 0.3) is 0 Å². The van der Waals surface area contributed by atoms with E-state index in [1.54, 1.807) is 7.05 Å². The van der Waals surface area contributed by atoms with Crippen LogP contribution < -0.4 is 10.6 Å². The lowest BCUT2D eigenvalue weighted by Gasteiger charge is -2.32. The minimum atomic E-state index is -4.08. The molecule has 1 aliphatic rings. The second-order valence-corrected chi connectivity index (χ2v) is 6.26. The highest BCUT2D eigenvalue weighted by molar-refractivity contribution is 5.79. The Bertz CT molecular complexity index is 337. The second kappa shape index (κ2) is 10.7. The Balaban J connectivity index is 2.12. The zero-order chi connectivity index (χ0) is 17.1. The van der Waals surface area contributed by atoms with Crippen molar-refractivity contribution < 1.29 is 13.2 Å². The van der Waals surface area contributed by atoms with Crippen LogP contribution >= 0.6 is 0 Å². The summed E-state index contributed by atoms with van der Waals surface area (Å²) in [5, 5.41) is 6.57. The van der Waals surface area contributed by atoms with Crippen LogP contribution in [0, 0.1) is 5.92 Å². The van der Waals surface area contributed by atoms with Gasteiger partial charge in [0.05, 0.1) is 6.54 Å². The zero-order valence-corrected chi connectivity index (χ0v) is 14.4. The van der Waals surface area contributed by atoms with Crippen LogP contribution in [0.2, 0.25) is 0 Å². The molecule has 1 aliphatic heterocycles. The van der Waals surface area contributed by atoms with E-state index in [-0.39, 0.29) is 0 Å². The summed E-state index contributed by atoms with van der Waals surface area (Å²) in [7, 11) is 1.75. The number of guanidine groups is 1. The van der Waals surface area contributed by atoms with E-state index in [1.165, 1.54) is 17.7 Å². The first-order valence-electron chi connectivity index (χ1n) is 8.68. The third-order valence-electron chi connectivity index (χ3n) is 4.25. The summed E-state index contributed by atoms with van der Waals surface area (Å²) in [6.07, 6.45) is 2.14. The molecule has 7 heteroatoms. The number of aliphatic imine (C=N–C) groups is 1. The largest absolute Gasteiger partial charge is 0.401 e. The Kier molecular flexibility index (Phi) is 9.36. The molecular formula is C16H31F3N4. The van der Waals surface area contributed by atoms with E-state index in [9.17, 15) is 13.2 Å². The van der Waals surface area contributed by atoms with Gasteiger partial charge in [0.1, 0.15) is 0 Å². The predicted molar refractivity (Wildman–Crippen MR) is 88.7 cm³/mol. The molecule has 0 aromatic heterocycles. The molecule has 0 aliphatic carbocycles. The fourth-order valence-electron chi connectivity index (χ4n) is 2.88. The van der Waals surface area contributed by atoms with E-state index in [4.69, 9.17) is 0 Å². The number of halogens is 3. The Hall–Kier alpha value is -0.980. The normalized spacial score (nSPS) is 18.2. The number of piperidine rings is 1. The van der Waals surface area contributed by atoms with Crippen molar-refractivity contribution in [3.63, 3.8) is 0 Å². The third kappa shape index (κ3) is 9.69. The molecule has 0 amide bonds. The Morgan fingerprint density at radius 1 is 1.13 bits per heavy atom. The van der Waals surface area contributed by atoms with Gasteiger partial charge in [-0.25, -0.2) is 0 Å². The third-order valence-corrected chi connectivity index (χ3v) is 4.25. The first kappa shape index (κ1) is 20.1. The van der Waals surface area contributed by atoms with E-state index in [1.807, 2.05) is 0 Å². The molecule has 0 aromatic carbocycles. The summed E-state index contributed by atoms with van der Waals surface area (Å²) in [6.45, 7) is 4.24. The molecule has 0 aromatic rings. The second-order valence-electron chi connectivity index (χ2n) is 6.26. The molecular weight excluding hydrogens is 305 g/mol. The van der Waals surface area contributed by atoms with Crippen LogP contribution in [0.4, 0.5) is 13.2 Å². The minimum absolute atomic E-state index is 0.505. The van der Waals surface area contributed by atoms with Crippen LogP contribution in [-0.4, -0.2) is 56.8 Å². The van der Waals surface area contributed by atoms with Crippen LogP contribution in [0.15, 0.2) is 4.99 Å². The van der Waals surface area contributed by atoms with Gasteiger partial charge in [-0.1, -0.05) is 19.8 Å². The van der Waals surface area contributed by atoms with Gasteiger partial charge in [0.25, 0.3) is 0 Å². The van der Waals surface area contributed by atoms with Gasteiger partial charge in [0, 0.05) is 20.1 Å². The molecule has 0 saturated carbocycles. The maximum Gasteiger partial charge on any atom is 0.401 e. The number of hydrogen-bond donors (Lipinski definition) is 2. The number of unbranched alkanes of at least 4 members (excludes halogenated alkanes) is 2. The molecule has 4 nitrogen and oxygen atoms in total. The molecule has 2 N–H and O–H groups in total. The smallest absolute Gasteiger partial charge is 0.356 e. The highest BCUT2D eigenvalue weighted by Crippen LogP contribution is 2.23. The summed E-state index contributed by atoms with van der Waals surface area (Å²) < 4.78 is 37.0. The number of rotatable bonds is 8. The first-order chi connectivity index (χ1) is 10.9. The van der Waals surface area contributed by atoms with Crippen LogP contribution in [0.5, 0.6) is 0 Å². The van der Waals surface area contributed by atoms with Crippen molar-refractivity contribution in [3.8, 4) is 0 Å². The lowest BCUT2D eigenvalue weighted by molar-refractivity contribution is -0.148. The quantitative estimate of drug-likeness (QED) is 0.407. The molecule has 1 rings (SSSR count). The Morgan fingerprint density at radius 2 is 1.78 bits per heavy atom. The van der Waals surface area contributed by atoms with E-state index in [2.05, 4.69) is 22.5 Å². The molecule has 0 atom stereocenters. The Labute approximate surface area is 137 Å². The lowest BCUT2D eigenvalue weighted by Crippen LogP contribution is -2.41. The number of nitrogens with one attached hydrogen (secondary N) is 2. The Morgan fingerprint density at radius 3 is 2.35 bits per heavy atom. The molecule has 0 bridgehead atoms. The predicted octanol–water partition coefficient (Wildman–Crippen LogP) is 3.01. The van der Waals surface area contributed by atoms with Gasteiger partial charge in [-0.2, -0.15) is 13.2 Å². The summed E-state index contributed by atoms with van der Waals surface area (Å²) in [5.74, 6) is 1.32. The summed E-state index contributed by atoms with van der Waals surface area (Å²) in [4.78, 5) is 5.69. The van der Waals surface area contributed by atoms with E-state index in [0.29, 0.717) is 19.0 Å². The highest BCUT2D eigenvalue weighted by atomic mass is 19.4. The minimum Gasteiger partial charge on any atom is -0.356 e. The standard InChI is InChI=1S/C16H31F3N4/c1-3-4-5-9-21-15(20-2)22-10-6-14-7-11-23(12-8-14)13-16(17,18)19/h14H,3-13H2,1-2H3,(H2,20,21,22). The zero-order valence-electron chi connectivity index (χ0n) is 14.4. The van der Waals surface area contributed by atoms with Gasteiger partial charge in [-0.05, 0) is 44.7 Å². The topological polar surface area (TPSA) is 39.7 Å². The molecule has 0 spiro atoms. The van der Waals surface area contributed by atoms with Gasteiger partial charge in [0.2, 0.25) is 0 Å². The van der Waals surface area contributed by atoms with Crippen molar-refractivity contribution in [1.29, 1.82) is 0 Å². The van der Waals surface area contributed by atoms with Crippen molar-refractivity contribution in [2.45, 2.75) is 51.6 Å². The fourth-order valence-corrected chi connectivity index (χ4v) is 2.88. The van der Waals surface area contributed by atoms with Gasteiger partial charge >= 0.3 is 6.18 Å². The average Bonchev–Trinajstić information content (AvgIpc) is 2.50. The van der Waals surface area contributed by atoms with Crippen molar-refractivity contribution in [3.05, 3.63) is 0 Å². The lowest BCUT2D eigenvalue weighted by atomic mass is 9.93. The van der Waals surface area contributed by atoms with E-state index >= 15 is 0 Å². The molecule has 0 radical (unpaired) electrons. The van der Waals surface area contributed by atoms with Crippen molar-refractivity contribution in [2.75, 3.05) is 39.8 Å². The molecule has 1 saturated heterocycles. The number of hydrogen-bond acceptors (Lipinski definition) is 2. The molecule has 1 heterocycles. The number of nitrogens with zero attached hydrogens (tertiary/aromatic N) is 2. The van der Waals surface area contributed by atoms with E-state index in [0.717, 1.165) is 44.7 Å². The van der Waals surface area contributed by atoms with E-state index < -0.39 is 12.7 Å². The van der Waals surface area contributed by atoms with Crippen LogP contribution in [0.3, 0.4) is 0 Å². The van der Waals surface area contributed by atoms with Crippen LogP contribution in [-0.2, 0) is 0 Å². The maximum absolute atomic E-state index is 12.3. The van der Waals surface area contributed by atoms with Crippen molar-refractivity contribution in [1.82, 2.24) is 15.5 Å². The summed E-state index contributed by atoms with van der Waals surface area (Å²) >= 11 is 0. The highest BCUT2D eigenvalue weighted by Gasteiger charge is 2.32. The van der Waals surface area contributed by atoms with Gasteiger partial charge in [0.15, 0.2) is 5.96 Å². The fraction of sp³-hybridized carbons (Fsp3) is 0.938. The SMILES string of the molecule is CCCCCNC(=NC)NCCC1CCN(CC(F)(F)F)CC1. The van der Waals surface area contributed by atoms with Gasteiger partial charge in [-0.15, -0.1) is 0 Å². The number of likely N-dealkylation sites (tertiary alicyclic amines) is 1. The molecule has 136 valence electrons. The first-order valence-corrected chi connectivity index (χ1v) is 8.68. The average molecular weight is 336 g/mol. The van der Waals surface area contributed by atoms with Crippen LogP contribution in [0.1, 0.15) is 45.4 Å². The van der Waals surface area contributed by atoms with Gasteiger partial charge < -0.3 is 10.6 Å². The van der Waals surface area contributed by atoms with Gasteiger partial charge in [-0.3, -0.25) is 9.89 Å². The maximum atomic E-state index is 12.3. The molecule has 1 fully saturated rings. The molecule has 23 heavy (non-hydrogen) atoms. The summed E-state index contributed by atoms with van der Waals surface area (Å²) in [6, 6.07) is 0. The van der Waals surface area contributed by atoms with Crippen molar-refractivity contribution >= 4 is 5.96 Å².